The van der Waals surface area contributed by atoms with E-state index in [4.69, 9.17) is 4.74 Å². The van der Waals surface area contributed by atoms with E-state index in [2.05, 4.69) is 37.1 Å². The van der Waals surface area contributed by atoms with Crippen LogP contribution in [0.2, 0.25) is 0 Å². The van der Waals surface area contributed by atoms with Crippen molar-refractivity contribution in [3.63, 3.8) is 0 Å². The van der Waals surface area contributed by atoms with Gasteiger partial charge in [-0.1, -0.05) is 0 Å². The van der Waals surface area contributed by atoms with Gasteiger partial charge in [0.25, 0.3) is 0 Å². The molecule has 1 aliphatic heterocycles. The van der Waals surface area contributed by atoms with Crippen LogP contribution in [0.1, 0.15) is 26.7 Å². The number of aromatic nitrogens is 4. The molecule has 1 fully saturated rings. The first kappa shape index (κ1) is 14.1. The third-order valence-electron chi connectivity index (χ3n) is 3.73. The SMILES string of the molecule is CCNc1nc(N(CC)CC2CCCO2)c2[nH]cnc2n1. The Kier molecular flexibility index (Phi) is 4.19. The van der Waals surface area contributed by atoms with Crippen LogP contribution in [0.5, 0.6) is 0 Å². The molecule has 2 aromatic heterocycles. The van der Waals surface area contributed by atoms with Crippen LogP contribution >= 0.6 is 0 Å². The van der Waals surface area contributed by atoms with Crippen LogP contribution in [-0.4, -0.2) is 52.3 Å². The highest BCUT2D eigenvalue weighted by molar-refractivity contribution is 5.84. The van der Waals surface area contributed by atoms with Gasteiger partial charge in [0.1, 0.15) is 5.52 Å². The number of likely N-dealkylation sites (N-methyl/N-ethyl adjacent to an activating group) is 1. The van der Waals surface area contributed by atoms with Gasteiger partial charge in [0.05, 0.1) is 12.4 Å². The van der Waals surface area contributed by atoms with Gasteiger partial charge in [-0.15, -0.1) is 0 Å². The number of aromatic amines is 1. The van der Waals surface area contributed by atoms with Crippen LogP contribution in [0.25, 0.3) is 11.2 Å². The van der Waals surface area contributed by atoms with Crippen LogP contribution in [-0.2, 0) is 4.74 Å². The van der Waals surface area contributed by atoms with Crippen molar-refractivity contribution in [1.82, 2.24) is 19.9 Å². The highest BCUT2D eigenvalue weighted by Gasteiger charge is 2.22. The topological polar surface area (TPSA) is 79.0 Å². The first-order valence-electron chi connectivity index (χ1n) is 7.63. The average molecular weight is 290 g/mol. The Morgan fingerprint density at radius 2 is 2.33 bits per heavy atom. The molecule has 7 heteroatoms. The highest BCUT2D eigenvalue weighted by Crippen LogP contribution is 2.24. The number of rotatable bonds is 6. The minimum absolute atomic E-state index is 0.292. The summed E-state index contributed by atoms with van der Waals surface area (Å²) in [6.45, 7) is 7.54. The van der Waals surface area contributed by atoms with E-state index in [1.54, 1.807) is 6.33 Å². The molecule has 0 spiro atoms. The Bertz CT molecular complexity index is 592. The summed E-state index contributed by atoms with van der Waals surface area (Å²) in [7, 11) is 0. The monoisotopic (exact) mass is 290 g/mol. The third-order valence-corrected chi connectivity index (χ3v) is 3.73. The molecule has 2 aromatic rings. The Morgan fingerprint density at radius 1 is 1.43 bits per heavy atom. The molecule has 0 saturated carbocycles. The largest absolute Gasteiger partial charge is 0.376 e. The van der Waals surface area contributed by atoms with Gasteiger partial charge in [-0.2, -0.15) is 9.97 Å². The quantitative estimate of drug-likeness (QED) is 0.844. The maximum absolute atomic E-state index is 5.75. The van der Waals surface area contributed by atoms with Gasteiger partial charge in [0, 0.05) is 26.2 Å². The second-order valence-electron chi connectivity index (χ2n) is 5.18. The number of nitrogens with one attached hydrogen (secondary N) is 2. The molecule has 1 saturated heterocycles. The first-order valence-corrected chi connectivity index (χ1v) is 7.63. The summed E-state index contributed by atoms with van der Waals surface area (Å²) >= 11 is 0. The first-order chi connectivity index (χ1) is 10.3. The molecule has 7 nitrogen and oxygen atoms in total. The zero-order valence-corrected chi connectivity index (χ0v) is 12.6. The van der Waals surface area contributed by atoms with Gasteiger partial charge in [0.2, 0.25) is 5.95 Å². The summed E-state index contributed by atoms with van der Waals surface area (Å²) < 4.78 is 5.75. The molecular formula is C14H22N6O. The van der Waals surface area contributed by atoms with Crippen molar-refractivity contribution in [2.75, 3.05) is 36.5 Å². The van der Waals surface area contributed by atoms with Gasteiger partial charge in [-0.25, -0.2) is 4.98 Å². The summed E-state index contributed by atoms with van der Waals surface area (Å²) in [5, 5.41) is 3.17. The number of fused-ring (bicyclic) bond motifs is 1. The van der Waals surface area contributed by atoms with Crippen molar-refractivity contribution >= 4 is 22.9 Å². The third kappa shape index (κ3) is 2.92. The zero-order valence-electron chi connectivity index (χ0n) is 12.6. The Hall–Kier alpha value is -1.89. The summed E-state index contributed by atoms with van der Waals surface area (Å²) in [6, 6.07) is 0. The summed E-state index contributed by atoms with van der Waals surface area (Å²) in [4.78, 5) is 18.7. The molecule has 0 aliphatic carbocycles. The lowest BCUT2D eigenvalue weighted by molar-refractivity contribution is 0.115. The number of anilines is 2. The van der Waals surface area contributed by atoms with Gasteiger partial charge < -0.3 is 19.9 Å². The molecule has 3 heterocycles. The minimum Gasteiger partial charge on any atom is -0.376 e. The summed E-state index contributed by atoms with van der Waals surface area (Å²) in [5.41, 5.74) is 1.58. The fourth-order valence-corrected chi connectivity index (χ4v) is 2.68. The van der Waals surface area contributed by atoms with Crippen molar-refractivity contribution in [2.45, 2.75) is 32.8 Å². The van der Waals surface area contributed by atoms with Crippen LogP contribution in [0.4, 0.5) is 11.8 Å². The number of ether oxygens (including phenoxy) is 1. The molecule has 114 valence electrons. The van der Waals surface area contributed by atoms with Gasteiger partial charge >= 0.3 is 0 Å². The Balaban J connectivity index is 1.93. The minimum atomic E-state index is 0.292. The normalized spacial score (nSPS) is 18.3. The number of imidazole rings is 1. The molecule has 0 bridgehead atoms. The molecule has 0 aromatic carbocycles. The Morgan fingerprint density at radius 3 is 3.05 bits per heavy atom. The zero-order chi connectivity index (χ0) is 14.7. The molecule has 0 amide bonds. The molecule has 0 radical (unpaired) electrons. The van der Waals surface area contributed by atoms with Gasteiger partial charge in [0.15, 0.2) is 11.5 Å². The molecular weight excluding hydrogens is 268 g/mol. The second kappa shape index (κ2) is 6.26. The van der Waals surface area contributed by atoms with Crippen molar-refractivity contribution < 1.29 is 4.74 Å². The van der Waals surface area contributed by atoms with Crippen molar-refractivity contribution in [2.24, 2.45) is 0 Å². The van der Waals surface area contributed by atoms with E-state index >= 15 is 0 Å². The van der Waals surface area contributed by atoms with E-state index in [9.17, 15) is 0 Å². The standard InChI is InChI=1S/C14H22N6O/c1-3-15-14-18-12-11(16-9-17-12)13(19-14)20(4-2)8-10-6-5-7-21-10/h9-10H,3-8H2,1-2H3,(H2,15,16,17,18,19). The average Bonchev–Trinajstić information content (AvgIpc) is 3.15. The molecule has 3 rings (SSSR count). The summed E-state index contributed by atoms with van der Waals surface area (Å²) in [5.74, 6) is 1.52. The van der Waals surface area contributed by atoms with E-state index < -0.39 is 0 Å². The van der Waals surface area contributed by atoms with Gasteiger partial charge in [-0.3, -0.25) is 0 Å². The van der Waals surface area contributed by atoms with Crippen LogP contribution in [0.3, 0.4) is 0 Å². The van der Waals surface area contributed by atoms with Crippen molar-refractivity contribution in [1.29, 1.82) is 0 Å². The maximum Gasteiger partial charge on any atom is 0.226 e. The number of hydrogen-bond acceptors (Lipinski definition) is 6. The predicted molar refractivity (Wildman–Crippen MR) is 82.7 cm³/mol. The number of H-pyrrole nitrogens is 1. The summed E-state index contributed by atoms with van der Waals surface area (Å²) in [6.07, 6.45) is 4.22. The molecule has 1 atom stereocenters. The van der Waals surface area contributed by atoms with E-state index in [1.165, 1.54) is 0 Å². The van der Waals surface area contributed by atoms with E-state index in [0.717, 1.165) is 50.4 Å². The number of hydrogen-bond donors (Lipinski definition) is 2. The van der Waals surface area contributed by atoms with E-state index in [-0.39, 0.29) is 0 Å². The molecule has 21 heavy (non-hydrogen) atoms. The second-order valence-corrected chi connectivity index (χ2v) is 5.18. The van der Waals surface area contributed by atoms with Crippen LogP contribution in [0, 0.1) is 0 Å². The number of nitrogens with zero attached hydrogens (tertiary/aromatic N) is 4. The lowest BCUT2D eigenvalue weighted by atomic mass is 10.2. The van der Waals surface area contributed by atoms with Gasteiger partial charge in [-0.05, 0) is 26.7 Å². The van der Waals surface area contributed by atoms with E-state index in [1.807, 2.05) is 6.92 Å². The van der Waals surface area contributed by atoms with Crippen molar-refractivity contribution in [3.8, 4) is 0 Å². The molecule has 1 unspecified atom stereocenters. The van der Waals surface area contributed by atoms with Crippen molar-refractivity contribution in [3.05, 3.63) is 6.33 Å². The fourth-order valence-electron chi connectivity index (χ4n) is 2.68. The maximum atomic E-state index is 5.75. The smallest absolute Gasteiger partial charge is 0.226 e. The predicted octanol–water partition coefficient (Wildman–Crippen LogP) is 1.79. The Labute approximate surface area is 124 Å². The molecule has 2 N–H and O–H groups in total. The lowest BCUT2D eigenvalue weighted by Gasteiger charge is -2.25. The fraction of sp³-hybridized carbons (Fsp3) is 0.643. The lowest BCUT2D eigenvalue weighted by Crippen LogP contribution is -2.33. The molecule has 1 aliphatic rings. The van der Waals surface area contributed by atoms with E-state index in [0.29, 0.717) is 17.7 Å². The highest BCUT2D eigenvalue weighted by atomic mass is 16.5. The van der Waals surface area contributed by atoms with Crippen LogP contribution < -0.4 is 10.2 Å². The van der Waals surface area contributed by atoms with Crippen LogP contribution in [0.15, 0.2) is 6.33 Å².